The zero-order valence-corrected chi connectivity index (χ0v) is 23.3. The first-order chi connectivity index (χ1) is 19.1. The highest BCUT2D eigenvalue weighted by Gasteiger charge is 2.11. The van der Waals surface area contributed by atoms with Gasteiger partial charge in [0, 0.05) is 24.5 Å². The number of imidazole rings is 1. The van der Waals surface area contributed by atoms with Crippen molar-refractivity contribution in [3.05, 3.63) is 101 Å². The van der Waals surface area contributed by atoms with Crippen LogP contribution >= 0.6 is 11.6 Å². The minimum Gasteiger partial charge on any atom is -0.493 e. The van der Waals surface area contributed by atoms with Gasteiger partial charge in [0.05, 0.1) is 31.2 Å². The van der Waals surface area contributed by atoms with E-state index in [4.69, 9.17) is 26.1 Å². The normalized spacial score (nSPS) is 10.9. The quantitative estimate of drug-likeness (QED) is 0.135. The van der Waals surface area contributed by atoms with Crippen molar-refractivity contribution in [3.8, 4) is 11.5 Å². The van der Waals surface area contributed by atoms with E-state index in [1.165, 1.54) is 0 Å². The molecule has 0 spiro atoms. The summed E-state index contributed by atoms with van der Waals surface area (Å²) in [6, 6.07) is 21.6. The number of carbonyl (C=O) groups is 1. The van der Waals surface area contributed by atoms with E-state index in [2.05, 4.69) is 28.6 Å². The number of aryl methyl sites for hydroxylation is 2. The number of amides is 1. The first-order valence-corrected chi connectivity index (χ1v) is 13.8. The molecule has 1 aromatic heterocycles. The van der Waals surface area contributed by atoms with Gasteiger partial charge in [0.1, 0.15) is 5.82 Å². The number of unbranched alkanes of at least 4 members (excludes halogenated alkanes) is 1. The lowest BCUT2D eigenvalue weighted by atomic mass is 10.1. The van der Waals surface area contributed by atoms with Crippen LogP contribution < -0.4 is 14.8 Å². The van der Waals surface area contributed by atoms with Gasteiger partial charge in [-0.05, 0) is 73.2 Å². The highest BCUT2D eigenvalue weighted by molar-refractivity contribution is 6.30. The predicted molar refractivity (Wildman–Crippen MR) is 158 cm³/mol. The van der Waals surface area contributed by atoms with Gasteiger partial charge < -0.3 is 19.4 Å². The number of halogens is 1. The molecule has 4 rings (SSSR count). The predicted octanol–water partition coefficient (Wildman–Crippen LogP) is 6.58. The Balaban J connectivity index is 1.26. The van der Waals surface area contributed by atoms with Crippen LogP contribution in [0.25, 0.3) is 11.0 Å². The monoisotopic (exact) mass is 545 g/mol. The molecular formula is C32H36ClN3O3. The smallest absolute Gasteiger partial charge is 0.224 e. The van der Waals surface area contributed by atoms with Gasteiger partial charge in [-0.3, -0.25) is 4.79 Å². The molecule has 0 unspecified atom stereocenters. The lowest BCUT2D eigenvalue weighted by Crippen LogP contribution is -2.26. The highest BCUT2D eigenvalue weighted by Crippen LogP contribution is 2.28. The number of nitrogens with zero attached hydrogens (tertiary/aromatic N) is 2. The third-order valence-corrected chi connectivity index (χ3v) is 6.80. The van der Waals surface area contributed by atoms with Crippen molar-refractivity contribution in [2.45, 2.75) is 45.1 Å². The average Bonchev–Trinajstić information content (AvgIpc) is 3.30. The number of nitrogens with one attached hydrogen (secondary N) is 1. The van der Waals surface area contributed by atoms with Crippen molar-refractivity contribution in [2.75, 3.05) is 20.3 Å². The average molecular weight is 546 g/mol. The molecule has 6 nitrogen and oxygen atoms in total. The number of ether oxygens (including phenoxy) is 2. The van der Waals surface area contributed by atoms with E-state index < -0.39 is 0 Å². The van der Waals surface area contributed by atoms with Crippen molar-refractivity contribution in [1.29, 1.82) is 0 Å². The van der Waals surface area contributed by atoms with Crippen LogP contribution in [0.15, 0.2) is 79.4 Å². The van der Waals surface area contributed by atoms with E-state index in [1.807, 2.05) is 48.5 Å². The molecule has 0 atom stereocenters. The number of hydrogen-bond acceptors (Lipinski definition) is 4. The standard InChI is InChI=1S/C32H36ClN3O3/c1-3-9-24-15-18-29(30(22-24)38-2)39-21-7-6-20-36-28-11-5-4-10-27(28)35-31(36)12-8-19-34-32(37)23-25-13-16-26(33)17-14-25/h3-5,10-11,13-18,22H,1,6-9,12,19-21,23H2,2H3,(H,34,37). The van der Waals surface area contributed by atoms with Gasteiger partial charge in [-0.25, -0.2) is 4.98 Å². The molecule has 4 aromatic rings. The summed E-state index contributed by atoms with van der Waals surface area (Å²) >= 11 is 5.93. The molecule has 0 saturated carbocycles. The number of fused-ring (bicyclic) bond motifs is 1. The SMILES string of the molecule is C=CCc1ccc(OCCCCn2c(CCCNC(=O)Cc3ccc(Cl)cc3)nc3ccccc32)c(OC)c1. The van der Waals surface area contributed by atoms with Crippen LogP contribution in [-0.4, -0.2) is 35.7 Å². The fraction of sp³-hybridized carbons (Fsp3) is 0.312. The lowest BCUT2D eigenvalue weighted by Gasteiger charge is -2.13. The van der Waals surface area contributed by atoms with Crippen LogP contribution in [0, 0.1) is 0 Å². The van der Waals surface area contributed by atoms with Crippen molar-refractivity contribution in [1.82, 2.24) is 14.9 Å². The molecule has 3 aromatic carbocycles. The van der Waals surface area contributed by atoms with E-state index >= 15 is 0 Å². The molecule has 0 aliphatic heterocycles. The van der Waals surface area contributed by atoms with Gasteiger partial charge >= 0.3 is 0 Å². The van der Waals surface area contributed by atoms with Gasteiger partial charge in [0.15, 0.2) is 11.5 Å². The Kier molecular flexibility index (Phi) is 10.4. The number of aromatic nitrogens is 2. The number of benzene rings is 3. The molecule has 0 saturated heterocycles. The Morgan fingerprint density at radius 2 is 1.82 bits per heavy atom. The van der Waals surface area contributed by atoms with Crippen molar-refractivity contribution in [2.24, 2.45) is 0 Å². The van der Waals surface area contributed by atoms with Crippen LogP contribution in [0.4, 0.5) is 0 Å². The third kappa shape index (κ3) is 8.11. The second-order valence-corrected chi connectivity index (χ2v) is 9.90. The summed E-state index contributed by atoms with van der Waals surface area (Å²) in [6.45, 7) is 5.87. The van der Waals surface area contributed by atoms with Crippen molar-refractivity contribution in [3.63, 3.8) is 0 Å². The maximum Gasteiger partial charge on any atom is 0.224 e. The first-order valence-electron chi connectivity index (χ1n) is 13.4. The fourth-order valence-electron chi connectivity index (χ4n) is 4.57. The highest BCUT2D eigenvalue weighted by atomic mass is 35.5. The molecule has 1 amide bonds. The van der Waals surface area contributed by atoms with E-state index in [0.717, 1.165) is 78.1 Å². The van der Waals surface area contributed by atoms with Gasteiger partial charge in [0.2, 0.25) is 5.91 Å². The lowest BCUT2D eigenvalue weighted by molar-refractivity contribution is -0.120. The molecule has 1 N–H and O–H groups in total. The number of hydrogen-bond donors (Lipinski definition) is 1. The zero-order valence-electron chi connectivity index (χ0n) is 22.5. The molecule has 0 bridgehead atoms. The molecule has 39 heavy (non-hydrogen) atoms. The minimum absolute atomic E-state index is 0.0119. The number of para-hydroxylation sites is 2. The maximum atomic E-state index is 12.3. The number of allylic oxidation sites excluding steroid dienone is 1. The Bertz CT molecular complexity index is 1380. The molecule has 7 heteroatoms. The molecule has 0 radical (unpaired) electrons. The fourth-order valence-corrected chi connectivity index (χ4v) is 4.70. The summed E-state index contributed by atoms with van der Waals surface area (Å²) in [5.74, 6) is 2.57. The summed E-state index contributed by atoms with van der Waals surface area (Å²) in [4.78, 5) is 17.2. The summed E-state index contributed by atoms with van der Waals surface area (Å²) < 4.78 is 13.8. The Hall–Kier alpha value is -3.77. The van der Waals surface area contributed by atoms with Crippen LogP contribution in [-0.2, 0) is 30.6 Å². The number of methoxy groups -OCH3 is 1. The van der Waals surface area contributed by atoms with Crippen LogP contribution in [0.5, 0.6) is 11.5 Å². The molecule has 1 heterocycles. The van der Waals surface area contributed by atoms with Crippen molar-refractivity contribution < 1.29 is 14.3 Å². The Morgan fingerprint density at radius 1 is 1.03 bits per heavy atom. The molecule has 0 aliphatic carbocycles. The number of carbonyl (C=O) groups excluding carboxylic acids is 1. The maximum absolute atomic E-state index is 12.3. The summed E-state index contributed by atoms with van der Waals surface area (Å²) in [7, 11) is 1.66. The van der Waals surface area contributed by atoms with E-state index in [-0.39, 0.29) is 5.91 Å². The van der Waals surface area contributed by atoms with Crippen LogP contribution in [0.1, 0.15) is 36.2 Å². The molecule has 0 fully saturated rings. The molecular weight excluding hydrogens is 510 g/mol. The van der Waals surface area contributed by atoms with Gasteiger partial charge in [0.25, 0.3) is 0 Å². The van der Waals surface area contributed by atoms with Gasteiger partial charge in [-0.1, -0.05) is 48.0 Å². The summed E-state index contributed by atoms with van der Waals surface area (Å²) in [5.41, 5.74) is 4.24. The van der Waals surface area contributed by atoms with Gasteiger partial charge in [-0.15, -0.1) is 6.58 Å². The van der Waals surface area contributed by atoms with E-state index in [0.29, 0.717) is 24.6 Å². The zero-order chi connectivity index (χ0) is 27.5. The molecule has 0 aliphatic rings. The van der Waals surface area contributed by atoms with Crippen LogP contribution in [0.2, 0.25) is 5.02 Å². The third-order valence-electron chi connectivity index (χ3n) is 6.55. The second kappa shape index (κ2) is 14.4. The number of rotatable bonds is 15. The second-order valence-electron chi connectivity index (χ2n) is 9.46. The van der Waals surface area contributed by atoms with E-state index in [9.17, 15) is 4.79 Å². The van der Waals surface area contributed by atoms with Crippen molar-refractivity contribution >= 4 is 28.5 Å². The van der Waals surface area contributed by atoms with Gasteiger partial charge in [-0.2, -0.15) is 0 Å². The Labute approximate surface area is 235 Å². The molecule has 204 valence electrons. The van der Waals surface area contributed by atoms with Crippen LogP contribution in [0.3, 0.4) is 0 Å². The largest absolute Gasteiger partial charge is 0.493 e. The Morgan fingerprint density at radius 3 is 2.62 bits per heavy atom. The summed E-state index contributed by atoms with van der Waals surface area (Å²) in [6.07, 6.45) is 6.51. The first kappa shape index (κ1) is 28.2. The van der Waals surface area contributed by atoms with E-state index in [1.54, 1.807) is 19.2 Å². The summed E-state index contributed by atoms with van der Waals surface area (Å²) in [5, 5.41) is 3.69. The topological polar surface area (TPSA) is 65.4 Å². The minimum atomic E-state index is 0.0119.